The van der Waals surface area contributed by atoms with Crippen LogP contribution in [0.1, 0.15) is 75.1 Å². The Morgan fingerprint density at radius 3 is 2.13 bits per heavy atom. The van der Waals surface area contributed by atoms with Gasteiger partial charge in [0, 0.05) is 11.8 Å². The third kappa shape index (κ3) is 6.97. The standard InChI is InChI=1S/C54H48N4O.Pt/c1-53(2,3)40-24-21-38(22-25-40)47-33-55-52(32-48(47)54(4,5)6)58-49-13-8-7-12-45(49)46-29-28-44(31-50(46)58)59-43-11-9-10-42(30-43)56-34-51-39-20-18-36-14-16-37(17-15-36)19-26-41(27-23-39)57(51)35-56;/h7-17,21-25,27-29,32-34H,18-20,26H2,1-6H3;/q-2;. The van der Waals surface area contributed by atoms with Crippen LogP contribution in [0.2, 0.25) is 0 Å². The molecule has 4 aliphatic rings. The topological polar surface area (TPSA) is 36.4 Å². The minimum Gasteiger partial charge on any atom is -0.0579 e. The number of ether oxygens (including phenoxy) is 1. The third-order valence-corrected chi connectivity index (χ3v) is 13.1. The SMILES string of the molecule is CC(C)(C)c1ccc(-c2cnc(-n3c4[c-]c(Oc5[c-]c(-n6cc7c8ccc(n7[c]6=[Pt])CCc6ccc(cc6)CC8)ccc5)ccc4c4ccccc43)cc2C(C)(C)C)cc1. The Hall–Kier alpha value is -5.77. The van der Waals surface area contributed by atoms with Crippen molar-refractivity contribution in [3.8, 4) is 34.1 Å². The van der Waals surface area contributed by atoms with Gasteiger partial charge in [0.25, 0.3) is 0 Å². The molecule has 2 aliphatic heterocycles. The van der Waals surface area contributed by atoms with Gasteiger partial charge in [-0.25, -0.2) is 0 Å². The quantitative estimate of drug-likeness (QED) is 0.161. The maximum atomic E-state index is 6.64. The number of aromatic nitrogens is 4. The molecule has 5 nitrogen and oxygen atoms in total. The van der Waals surface area contributed by atoms with Crippen LogP contribution < -0.4 is 4.74 Å². The Kier molecular flexibility index (Phi) is 9.45. The van der Waals surface area contributed by atoms with E-state index in [1.807, 2.05) is 24.4 Å². The number of hydrogen-bond donors (Lipinski definition) is 0. The van der Waals surface area contributed by atoms with Crippen molar-refractivity contribution in [3.63, 3.8) is 0 Å². The number of fused-ring (bicyclic) bond motifs is 3. The first-order chi connectivity index (χ1) is 28.9. The van der Waals surface area contributed by atoms with E-state index in [0.29, 0.717) is 11.5 Å². The van der Waals surface area contributed by atoms with Gasteiger partial charge in [0.05, 0.1) is 0 Å². The smallest absolute Gasteiger partial charge is 0.0579 e. The molecule has 4 aromatic heterocycles. The van der Waals surface area contributed by atoms with Crippen LogP contribution in [0.5, 0.6) is 11.5 Å². The van der Waals surface area contributed by atoms with Crippen molar-refractivity contribution in [1.82, 2.24) is 18.5 Å². The molecule has 6 heteroatoms. The fourth-order valence-electron chi connectivity index (χ4n) is 8.76. The van der Waals surface area contributed by atoms with Crippen molar-refractivity contribution < 1.29 is 24.1 Å². The molecule has 4 bridgehead atoms. The van der Waals surface area contributed by atoms with E-state index in [-0.39, 0.29) is 10.8 Å². The fraction of sp³-hybridized carbons (Fsp3) is 0.222. The van der Waals surface area contributed by atoms with Gasteiger partial charge < -0.3 is 0 Å². The molecule has 9 aromatic rings. The zero-order valence-corrected chi connectivity index (χ0v) is 37.3. The minimum atomic E-state index is -0.126. The average Bonchev–Trinajstić information content (AvgIpc) is 3.76. The van der Waals surface area contributed by atoms with E-state index in [1.54, 1.807) is 0 Å². The van der Waals surface area contributed by atoms with Gasteiger partial charge in [-0.05, 0) is 27.5 Å². The molecule has 5 aromatic carbocycles. The number of hydrogen-bond acceptors (Lipinski definition) is 2. The van der Waals surface area contributed by atoms with Crippen LogP contribution >= 0.6 is 0 Å². The molecular weight excluding hydrogens is 916 g/mol. The monoisotopic (exact) mass is 963 g/mol. The molecule has 0 saturated heterocycles. The first-order valence-corrected chi connectivity index (χ1v) is 22.1. The second-order valence-electron chi connectivity index (χ2n) is 18.2. The summed E-state index contributed by atoms with van der Waals surface area (Å²) >= 11 is 2.47. The molecule has 0 N–H and O–H groups in total. The molecule has 0 saturated carbocycles. The zero-order valence-electron chi connectivity index (χ0n) is 35.0. The first-order valence-electron chi connectivity index (χ1n) is 20.9. The summed E-state index contributed by atoms with van der Waals surface area (Å²) in [4.78, 5) is 5.17. The van der Waals surface area contributed by atoms with Gasteiger partial charge in [0.1, 0.15) is 0 Å². The fourth-order valence-corrected chi connectivity index (χ4v) is 9.78. The molecule has 302 valence electrons. The Labute approximate surface area is 363 Å². The summed E-state index contributed by atoms with van der Waals surface area (Å²) < 4.78 is 14.7. The van der Waals surface area contributed by atoms with Crippen molar-refractivity contribution in [1.29, 1.82) is 0 Å². The predicted molar refractivity (Wildman–Crippen MR) is 240 cm³/mol. The van der Waals surface area contributed by atoms with E-state index in [1.165, 1.54) is 44.6 Å². The summed E-state index contributed by atoms with van der Waals surface area (Å²) in [5.74, 6) is 2.11. The number of aryl methyl sites for hydroxylation is 4. The van der Waals surface area contributed by atoms with E-state index in [2.05, 4.69) is 196 Å². The molecular formula is C54H48N4OPt-2. The molecule has 60 heavy (non-hydrogen) atoms. The van der Waals surface area contributed by atoms with E-state index in [9.17, 15) is 0 Å². The van der Waals surface area contributed by atoms with Crippen LogP contribution in [0.25, 0.3) is 50.0 Å². The van der Waals surface area contributed by atoms with Gasteiger partial charge in [0.15, 0.2) is 0 Å². The van der Waals surface area contributed by atoms with Gasteiger partial charge in [-0.3, -0.25) is 0 Å². The van der Waals surface area contributed by atoms with E-state index in [0.717, 1.165) is 68.4 Å². The van der Waals surface area contributed by atoms with Crippen molar-refractivity contribution in [3.05, 3.63) is 183 Å². The average molecular weight is 964 g/mol. The van der Waals surface area contributed by atoms with Crippen LogP contribution in [0.4, 0.5) is 0 Å². The van der Waals surface area contributed by atoms with Crippen LogP contribution in [-0.4, -0.2) is 18.5 Å². The van der Waals surface area contributed by atoms with Gasteiger partial charge in [0.2, 0.25) is 0 Å². The van der Waals surface area contributed by atoms with Crippen molar-refractivity contribution in [2.24, 2.45) is 0 Å². The van der Waals surface area contributed by atoms with Crippen molar-refractivity contribution in [2.75, 3.05) is 0 Å². The molecule has 6 heterocycles. The molecule has 0 radical (unpaired) electrons. The van der Waals surface area contributed by atoms with Crippen LogP contribution in [0.15, 0.2) is 134 Å². The number of rotatable bonds is 5. The summed E-state index contributed by atoms with van der Waals surface area (Å²) in [7, 11) is 0. The molecule has 0 atom stereocenters. The van der Waals surface area contributed by atoms with Crippen LogP contribution in [0.3, 0.4) is 0 Å². The Balaban J connectivity index is 1.03. The molecule has 0 spiro atoms. The second-order valence-corrected chi connectivity index (χ2v) is 19.2. The van der Waals surface area contributed by atoms with Crippen LogP contribution in [0, 0.1) is 15.9 Å². The maximum absolute atomic E-state index is 6.64. The number of benzene rings is 5. The number of pyridine rings is 2. The van der Waals surface area contributed by atoms with E-state index in [4.69, 9.17) is 9.72 Å². The normalized spacial score (nSPS) is 13.3. The summed E-state index contributed by atoms with van der Waals surface area (Å²) in [6.07, 6.45) is 8.28. The Morgan fingerprint density at radius 2 is 1.38 bits per heavy atom. The molecule has 0 fully saturated rings. The van der Waals surface area contributed by atoms with Crippen molar-refractivity contribution >= 4 is 27.3 Å². The summed E-state index contributed by atoms with van der Waals surface area (Å²) in [6.45, 7) is 13.6. The Bertz CT molecular complexity index is 3150. The second kappa shape index (κ2) is 14.7. The van der Waals surface area contributed by atoms with Gasteiger partial charge in [-0.1, -0.05) is 77.9 Å². The first kappa shape index (κ1) is 38.4. The third-order valence-electron chi connectivity index (χ3n) is 12.1. The van der Waals surface area contributed by atoms with E-state index < -0.39 is 0 Å². The van der Waals surface area contributed by atoms with Gasteiger partial charge >= 0.3 is 248 Å². The Morgan fingerprint density at radius 1 is 0.650 bits per heavy atom. The molecule has 0 amide bonds. The van der Waals surface area contributed by atoms with Crippen molar-refractivity contribution in [2.45, 2.75) is 78.1 Å². The number of imidazole rings is 1. The molecule has 2 aliphatic carbocycles. The zero-order chi connectivity index (χ0) is 41.3. The van der Waals surface area contributed by atoms with Gasteiger partial charge in [-0.15, -0.1) is 0 Å². The summed E-state index contributed by atoms with van der Waals surface area (Å²) in [5.41, 5.74) is 14.4. The summed E-state index contributed by atoms with van der Waals surface area (Å²) in [6, 6.07) is 51.2. The van der Waals surface area contributed by atoms with Crippen LogP contribution in [-0.2, 0) is 55.9 Å². The predicted octanol–water partition coefficient (Wildman–Crippen LogP) is 12.8. The van der Waals surface area contributed by atoms with Gasteiger partial charge in [-0.2, -0.15) is 0 Å². The van der Waals surface area contributed by atoms with E-state index >= 15 is 0 Å². The molecule has 13 rings (SSSR count). The number of nitrogens with zero attached hydrogens (tertiary/aromatic N) is 4. The minimum absolute atomic E-state index is 0.0901. The molecule has 0 unspecified atom stereocenters. The number of para-hydroxylation sites is 1. The summed E-state index contributed by atoms with van der Waals surface area (Å²) in [5, 5.41) is 2.25.